The number of carboxylic acids is 1. The second kappa shape index (κ2) is 3.87. The highest BCUT2D eigenvalue weighted by Crippen LogP contribution is 2.39. The summed E-state index contributed by atoms with van der Waals surface area (Å²) in [4.78, 5) is 10.9. The standard InChI is InChI=1S/C12H14FNO2/c1-14-12(7-11(15)16)5-4-8-6-9(13)2-3-10(8)12/h2-3,6,14H,4-5,7H2,1H3,(H,15,16). The van der Waals surface area contributed by atoms with Gasteiger partial charge in [-0.15, -0.1) is 0 Å². The molecule has 0 heterocycles. The summed E-state index contributed by atoms with van der Waals surface area (Å²) in [6.07, 6.45) is 1.46. The lowest BCUT2D eigenvalue weighted by Gasteiger charge is -2.28. The van der Waals surface area contributed by atoms with Gasteiger partial charge in [-0.25, -0.2) is 4.39 Å². The van der Waals surface area contributed by atoms with Crippen molar-refractivity contribution < 1.29 is 14.3 Å². The Balaban J connectivity index is 2.43. The molecule has 4 heteroatoms. The first kappa shape index (κ1) is 11.1. The van der Waals surface area contributed by atoms with Crippen molar-refractivity contribution >= 4 is 5.97 Å². The summed E-state index contributed by atoms with van der Waals surface area (Å²) in [5.74, 6) is -1.10. The van der Waals surface area contributed by atoms with E-state index in [1.165, 1.54) is 12.1 Å². The monoisotopic (exact) mass is 223 g/mol. The minimum atomic E-state index is -0.841. The Labute approximate surface area is 93.3 Å². The van der Waals surface area contributed by atoms with Crippen LogP contribution < -0.4 is 5.32 Å². The Kier molecular flexibility index (Phi) is 2.68. The lowest BCUT2D eigenvalue weighted by Crippen LogP contribution is -2.39. The number of rotatable bonds is 3. The maximum absolute atomic E-state index is 13.0. The molecular weight excluding hydrogens is 209 g/mol. The van der Waals surface area contributed by atoms with Gasteiger partial charge in [-0.3, -0.25) is 4.79 Å². The number of aliphatic carboxylic acids is 1. The van der Waals surface area contributed by atoms with Crippen LogP contribution in [0.25, 0.3) is 0 Å². The fourth-order valence-corrected chi connectivity index (χ4v) is 2.51. The SMILES string of the molecule is CNC1(CC(=O)O)CCc2cc(F)ccc21. The smallest absolute Gasteiger partial charge is 0.305 e. The Morgan fingerprint density at radius 1 is 1.62 bits per heavy atom. The largest absolute Gasteiger partial charge is 0.481 e. The highest BCUT2D eigenvalue weighted by Gasteiger charge is 2.39. The second-order valence-corrected chi connectivity index (χ2v) is 4.20. The number of benzene rings is 1. The van der Waals surface area contributed by atoms with Crippen LogP contribution in [-0.4, -0.2) is 18.1 Å². The number of halogens is 1. The summed E-state index contributed by atoms with van der Waals surface area (Å²) < 4.78 is 13.0. The number of aryl methyl sites for hydroxylation is 1. The molecule has 0 fully saturated rings. The van der Waals surface area contributed by atoms with Gasteiger partial charge in [-0.1, -0.05) is 6.07 Å². The van der Waals surface area contributed by atoms with E-state index in [0.717, 1.165) is 17.5 Å². The van der Waals surface area contributed by atoms with E-state index in [1.54, 1.807) is 13.1 Å². The molecule has 0 amide bonds. The van der Waals surface area contributed by atoms with Crippen molar-refractivity contribution in [1.82, 2.24) is 5.32 Å². The molecule has 0 aliphatic heterocycles. The number of carboxylic acid groups (broad SMARTS) is 1. The molecule has 1 aromatic carbocycles. The molecule has 2 N–H and O–H groups in total. The minimum Gasteiger partial charge on any atom is -0.481 e. The van der Waals surface area contributed by atoms with Gasteiger partial charge in [0.1, 0.15) is 5.82 Å². The molecule has 0 saturated carbocycles. The minimum absolute atomic E-state index is 0.0299. The third-order valence-corrected chi connectivity index (χ3v) is 3.34. The van der Waals surface area contributed by atoms with Gasteiger partial charge in [-0.2, -0.15) is 0 Å². The molecule has 1 atom stereocenters. The summed E-state index contributed by atoms with van der Waals surface area (Å²) in [6, 6.07) is 4.57. The van der Waals surface area contributed by atoms with E-state index in [2.05, 4.69) is 5.32 Å². The number of carbonyl (C=O) groups is 1. The third-order valence-electron chi connectivity index (χ3n) is 3.34. The fraction of sp³-hybridized carbons (Fsp3) is 0.417. The van der Waals surface area contributed by atoms with Crippen LogP contribution in [0.2, 0.25) is 0 Å². The predicted octanol–water partition coefficient (Wildman–Crippen LogP) is 1.66. The average molecular weight is 223 g/mol. The third kappa shape index (κ3) is 1.69. The van der Waals surface area contributed by atoms with Crippen molar-refractivity contribution in [2.75, 3.05) is 7.05 Å². The van der Waals surface area contributed by atoms with Gasteiger partial charge >= 0.3 is 5.97 Å². The van der Waals surface area contributed by atoms with Crippen molar-refractivity contribution in [1.29, 1.82) is 0 Å². The molecule has 1 aromatic rings. The van der Waals surface area contributed by atoms with Gasteiger partial charge in [0.2, 0.25) is 0 Å². The molecule has 3 nitrogen and oxygen atoms in total. The van der Waals surface area contributed by atoms with Crippen LogP contribution in [0.4, 0.5) is 4.39 Å². The van der Waals surface area contributed by atoms with Crippen LogP contribution in [0.1, 0.15) is 24.0 Å². The van der Waals surface area contributed by atoms with Gasteiger partial charge in [0, 0.05) is 0 Å². The van der Waals surface area contributed by atoms with Crippen LogP contribution in [0.5, 0.6) is 0 Å². The lowest BCUT2D eigenvalue weighted by molar-refractivity contribution is -0.138. The first-order chi connectivity index (χ1) is 7.57. The summed E-state index contributed by atoms with van der Waals surface area (Å²) in [5, 5.41) is 12.0. The topological polar surface area (TPSA) is 49.3 Å². The van der Waals surface area contributed by atoms with Crippen LogP contribution in [0.3, 0.4) is 0 Å². The van der Waals surface area contributed by atoms with Crippen LogP contribution in [0.15, 0.2) is 18.2 Å². The van der Waals surface area contributed by atoms with Gasteiger partial charge < -0.3 is 10.4 Å². The average Bonchev–Trinajstić information content (AvgIpc) is 2.56. The molecule has 1 unspecified atom stereocenters. The molecule has 0 bridgehead atoms. The van der Waals surface area contributed by atoms with Gasteiger partial charge in [-0.05, 0) is 43.1 Å². The van der Waals surface area contributed by atoms with Crippen LogP contribution in [0, 0.1) is 5.82 Å². The summed E-state index contributed by atoms with van der Waals surface area (Å²) in [7, 11) is 1.75. The Hall–Kier alpha value is -1.42. The van der Waals surface area contributed by atoms with Crippen molar-refractivity contribution in [2.45, 2.75) is 24.8 Å². The zero-order chi connectivity index (χ0) is 11.8. The normalized spacial score (nSPS) is 23.1. The highest BCUT2D eigenvalue weighted by atomic mass is 19.1. The van der Waals surface area contributed by atoms with E-state index < -0.39 is 11.5 Å². The van der Waals surface area contributed by atoms with E-state index >= 15 is 0 Å². The quantitative estimate of drug-likeness (QED) is 0.819. The maximum Gasteiger partial charge on any atom is 0.305 e. The molecule has 86 valence electrons. The zero-order valence-electron chi connectivity index (χ0n) is 9.09. The Morgan fingerprint density at radius 3 is 3.00 bits per heavy atom. The molecule has 1 aliphatic carbocycles. The summed E-state index contributed by atoms with van der Waals surface area (Å²) >= 11 is 0. The van der Waals surface area contributed by atoms with E-state index in [4.69, 9.17) is 5.11 Å². The number of fused-ring (bicyclic) bond motifs is 1. The van der Waals surface area contributed by atoms with E-state index in [1.807, 2.05) is 0 Å². The summed E-state index contributed by atoms with van der Waals surface area (Å²) in [6.45, 7) is 0. The van der Waals surface area contributed by atoms with Crippen molar-refractivity contribution in [3.8, 4) is 0 Å². The zero-order valence-corrected chi connectivity index (χ0v) is 9.09. The van der Waals surface area contributed by atoms with Crippen molar-refractivity contribution in [3.05, 3.63) is 35.1 Å². The van der Waals surface area contributed by atoms with Crippen LogP contribution in [-0.2, 0) is 16.8 Å². The van der Waals surface area contributed by atoms with E-state index in [0.29, 0.717) is 6.42 Å². The first-order valence-corrected chi connectivity index (χ1v) is 5.27. The predicted molar refractivity (Wildman–Crippen MR) is 57.7 cm³/mol. The second-order valence-electron chi connectivity index (χ2n) is 4.20. The number of nitrogens with one attached hydrogen (secondary N) is 1. The van der Waals surface area contributed by atoms with Crippen molar-refractivity contribution in [3.63, 3.8) is 0 Å². The number of hydrogen-bond acceptors (Lipinski definition) is 2. The molecule has 16 heavy (non-hydrogen) atoms. The van der Waals surface area contributed by atoms with Crippen molar-refractivity contribution in [2.24, 2.45) is 0 Å². The number of hydrogen-bond donors (Lipinski definition) is 2. The lowest BCUT2D eigenvalue weighted by atomic mass is 9.88. The first-order valence-electron chi connectivity index (χ1n) is 5.27. The van der Waals surface area contributed by atoms with E-state index in [9.17, 15) is 9.18 Å². The molecule has 0 radical (unpaired) electrons. The fourth-order valence-electron chi connectivity index (χ4n) is 2.51. The van der Waals surface area contributed by atoms with Gasteiger partial charge in [0.15, 0.2) is 0 Å². The van der Waals surface area contributed by atoms with Gasteiger partial charge in [0.05, 0.1) is 12.0 Å². The van der Waals surface area contributed by atoms with Crippen LogP contribution >= 0.6 is 0 Å². The Morgan fingerprint density at radius 2 is 2.38 bits per heavy atom. The molecule has 1 aliphatic rings. The molecule has 0 aromatic heterocycles. The molecule has 2 rings (SSSR count). The maximum atomic E-state index is 13.0. The van der Waals surface area contributed by atoms with E-state index in [-0.39, 0.29) is 12.2 Å². The Bertz CT molecular complexity index is 433. The molecule has 0 spiro atoms. The summed E-state index contributed by atoms with van der Waals surface area (Å²) in [5.41, 5.74) is 1.30. The van der Waals surface area contributed by atoms with Gasteiger partial charge in [0.25, 0.3) is 0 Å². The highest BCUT2D eigenvalue weighted by molar-refractivity contribution is 5.69. The molecule has 0 saturated heterocycles. The molecular formula is C12H14FNO2.